The van der Waals surface area contributed by atoms with Crippen LogP contribution in [0.3, 0.4) is 0 Å². The van der Waals surface area contributed by atoms with Crippen LogP contribution in [0.2, 0.25) is 0 Å². The van der Waals surface area contributed by atoms with Crippen molar-refractivity contribution >= 4 is 17.7 Å². The fraction of sp³-hybridized carbons (Fsp3) is 0.483. The Kier molecular flexibility index (Phi) is 7.31. The number of rotatable bonds is 10. The lowest BCUT2D eigenvalue weighted by Gasteiger charge is -2.36. The van der Waals surface area contributed by atoms with Crippen LogP contribution in [0.25, 0.3) is 0 Å². The van der Waals surface area contributed by atoms with Crippen molar-refractivity contribution in [3.63, 3.8) is 0 Å². The van der Waals surface area contributed by atoms with E-state index in [0.29, 0.717) is 25.9 Å². The number of fused-ring (bicyclic) bond motifs is 1. The Morgan fingerprint density at radius 1 is 1.08 bits per heavy atom. The van der Waals surface area contributed by atoms with Crippen LogP contribution >= 0.6 is 0 Å². The Balaban J connectivity index is 1.47. The quantitative estimate of drug-likeness (QED) is 0.430. The van der Waals surface area contributed by atoms with E-state index in [1.165, 1.54) is 4.90 Å². The van der Waals surface area contributed by atoms with E-state index in [0.717, 1.165) is 24.0 Å². The summed E-state index contributed by atoms with van der Waals surface area (Å²) in [5, 5.41) is 16.4. The van der Waals surface area contributed by atoms with Gasteiger partial charge in [-0.3, -0.25) is 14.4 Å². The number of aliphatic hydroxyl groups is 1. The molecule has 2 unspecified atom stereocenters. The molecule has 0 saturated carbocycles. The van der Waals surface area contributed by atoms with Crippen molar-refractivity contribution in [1.29, 1.82) is 0 Å². The van der Waals surface area contributed by atoms with Crippen molar-refractivity contribution < 1.29 is 24.2 Å². The van der Waals surface area contributed by atoms with E-state index in [1.807, 2.05) is 67.6 Å². The van der Waals surface area contributed by atoms with Gasteiger partial charge in [0.25, 0.3) is 0 Å². The van der Waals surface area contributed by atoms with Gasteiger partial charge in [0.2, 0.25) is 17.7 Å². The van der Waals surface area contributed by atoms with Gasteiger partial charge in [0, 0.05) is 13.1 Å². The molecule has 3 saturated heterocycles. The molecule has 3 amide bonds. The molecule has 3 aliphatic heterocycles. The highest BCUT2D eigenvalue weighted by Gasteiger charge is 2.75. The lowest BCUT2D eigenvalue weighted by Crippen LogP contribution is -2.56. The highest BCUT2D eigenvalue weighted by molar-refractivity contribution is 5.99. The fourth-order valence-electron chi connectivity index (χ4n) is 6.44. The minimum absolute atomic E-state index is 0.235. The minimum atomic E-state index is -1.09. The van der Waals surface area contributed by atoms with Gasteiger partial charge in [-0.1, -0.05) is 74.0 Å². The number of hydrogen-bond donors (Lipinski definition) is 3. The summed E-state index contributed by atoms with van der Waals surface area (Å²) in [7, 11) is 0. The lowest BCUT2D eigenvalue weighted by molar-refractivity contribution is -0.145. The van der Waals surface area contributed by atoms with E-state index in [9.17, 15) is 19.5 Å². The zero-order chi connectivity index (χ0) is 26.0. The maximum absolute atomic E-state index is 14.2. The molecule has 8 nitrogen and oxygen atoms in total. The second kappa shape index (κ2) is 10.6. The molecule has 2 aromatic rings. The van der Waals surface area contributed by atoms with Gasteiger partial charge in [0.15, 0.2) is 0 Å². The predicted molar refractivity (Wildman–Crippen MR) is 137 cm³/mol. The summed E-state index contributed by atoms with van der Waals surface area (Å²) in [5.41, 5.74) is 0.613. The van der Waals surface area contributed by atoms with Crippen LogP contribution < -0.4 is 10.6 Å². The predicted octanol–water partition coefficient (Wildman–Crippen LogP) is 2.33. The Bertz CT molecular complexity index is 1130. The lowest BCUT2D eigenvalue weighted by atomic mass is 9.70. The summed E-state index contributed by atoms with van der Waals surface area (Å²) >= 11 is 0. The maximum atomic E-state index is 14.2. The zero-order valence-corrected chi connectivity index (χ0v) is 21.1. The molecular weight excluding hydrogens is 470 g/mol. The number of likely N-dealkylation sites (tertiary alicyclic amines) is 1. The third-order valence-electron chi connectivity index (χ3n) is 8.12. The number of benzene rings is 2. The van der Waals surface area contributed by atoms with Crippen LogP contribution in [0.5, 0.6) is 0 Å². The number of ether oxygens (including phenoxy) is 1. The first kappa shape index (κ1) is 25.4. The molecule has 0 radical (unpaired) electrons. The number of carbonyl (C=O) groups is 3. The van der Waals surface area contributed by atoms with E-state index < -0.39 is 35.6 Å². The molecule has 5 rings (SSSR count). The third kappa shape index (κ3) is 4.42. The maximum Gasteiger partial charge on any atom is 0.245 e. The van der Waals surface area contributed by atoms with Crippen LogP contribution in [-0.2, 0) is 25.7 Å². The second-order valence-corrected chi connectivity index (χ2v) is 10.3. The molecule has 37 heavy (non-hydrogen) atoms. The highest BCUT2D eigenvalue weighted by Crippen LogP contribution is 2.59. The van der Waals surface area contributed by atoms with Crippen LogP contribution in [0.4, 0.5) is 0 Å². The van der Waals surface area contributed by atoms with Gasteiger partial charge in [-0.15, -0.1) is 0 Å². The second-order valence-electron chi connectivity index (χ2n) is 10.3. The molecule has 0 aliphatic carbocycles. The van der Waals surface area contributed by atoms with Gasteiger partial charge in [-0.05, 0) is 30.4 Å². The van der Waals surface area contributed by atoms with Gasteiger partial charge in [-0.2, -0.15) is 0 Å². The molecule has 196 valence electrons. The smallest absolute Gasteiger partial charge is 0.245 e. The summed E-state index contributed by atoms with van der Waals surface area (Å²) in [4.78, 5) is 42.8. The molecule has 0 aromatic heterocycles. The van der Waals surface area contributed by atoms with Crippen LogP contribution in [-0.4, -0.2) is 58.6 Å². The summed E-state index contributed by atoms with van der Waals surface area (Å²) in [6, 6.07) is 17.2. The third-order valence-corrected chi connectivity index (χ3v) is 8.12. The summed E-state index contributed by atoms with van der Waals surface area (Å²) in [5.74, 6) is -2.29. The van der Waals surface area contributed by atoms with Crippen LogP contribution in [0.15, 0.2) is 60.7 Å². The van der Waals surface area contributed by atoms with Crippen LogP contribution in [0.1, 0.15) is 49.8 Å². The first-order chi connectivity index (χ1) is 18.0. The first-order valence-electron chi connectivity index (χ1n) is 13.3. The van der Waals surface area contributed by atoms with E-state index in [2.05, 4.69) is 10.6 Å². The molecule has 3 fully saturated rings. The van der Waals surface area contributed by atoms with Gasteiger partial charge >= 0.3 is 0 Å². The van der Waals surface area contributed by atoms with Gasteiger partial charge in [-0.25, -0.2) is 0 Å². The average Bonchev–Trinajstić information content (AvgIpc) is 3.57. The van der Waals surface area contributed by atoms with E-state index in [1.54, 1.807) is 0 Å². The number of nitrogens with zero attached hydrogens (tertiary/aromatic N) is 1. The SMILES string of the molecule is CCCCNC(=O)C1N([C@H](CO)c2ccccc2)C(=O)[C@@H]2[C@H](C(=O)NCc3ccccc3)[C@@H]3CCC12O3. The van der Waals surface area contributed by atoms with Crippen LogP contribution in [0, 0.1) is 11.8 Å². The standard InChI is InChI=1S/C29H35N3O5/c1-2-3-16-30-27(35)25-29-15-14-22(37-29)23(26(34)31-17-19-10-6-4-7-11-19)24(29)28(36)32(25)21(18-33)20-12-8-5-9-13-20/h4-13,21-25,33H,2-3,14-18H2,1H3,(H,30,35)(H,31,34)/t21-,22+,23-,24+,25?,29?/m1/s1. The van der Waals surface area contributed by atoms with Crippen molar-refractivity contribution in [1.82, 2.24) is 15.5 Å². The Labute approximate surface area is 217 Å². The van der Waals surface area contributed by atoms with E-state index in [4.69, 9.17) is 4.74 Å². The van der Waals surface area contributed by atoms with Gasteiger partial charge in [0.05, 0.1) is 30.6 Å². The molecule has 6 atom stereocenters. The fourth-order valence-corrected chi connectivity index (χ4v) is 6.44. The van der Waals surface area contributed by atoms with Crippen molar-refractivity contribution in [2.24, 2.45) is 11.8 Å². The number of amides is 3. The molecule has 1 spiro atoms. The molecule has 2 bridgehead atoms. The Hall–Kier alpha value is -3.23. The van der Waals surface area contributed by atoms with Gasteiger partial charge in [0.1, 0.15) is 11.6 Å². The molecule has 3 aliphatic rings. The number of carbonyl (C=O) groups excluding carboxylic acids is 3. The first-order valence-corrected chi connectivity index (χ1v) is 13.3. The van der Waals surface area contributed by atoms with E-state index in [-0.39, 0.29) is 24.3 Å². The molecule has 8 heteroatoms. The monoisotopic (exact) mass is 505 g/mol. The summed E-state index contributed by atoms with van der Waals surface area (Å²) in [6.07, 6.45) is 2.45. The number of aliphatic hydroxyl groups excluding tert-OH is 1. The molecule has 3 N–H and O–H groups in total. The van der Waals surface area contributed by atoms with Crippen molar-refractivity contribution in [2.45, 2.75) is 62.9 Å². The summed E-state index contributed by atoms with van der Waals surface area (Å²) in [6.45, 7) is 2.55. The molecule has 3 heterocycles. The van der Waals surface area contributed by atoms with E-state index >= 15 is 0 Å². The Morgan fingerprint density at radius 2 is 1.78 bits per heavy atom. The number of hydrogen-bond acceptors (Lipinski definition) is 5. The normalized spacial score (nSPS) is 28.7. The van der Waals surface area contributed by atoms with Crippen molar-refractivity contribution in [2.75, 3.05) is 13.2 Å². The number of nitrogens with one attached hydrogen (secondary N) is 2. The summed E-state index contributed by atoms with van der Waals surface area (Å²) < 4.78 is 6.48. The van der Waals surface area contributed by atoms with Crippen molar-refractivity contribution in [3.8, 4) is 0 Å². The number of unbranched alkanes of at least 4 members (excludes halogenated alkanes) is 1. The average molecular weight is 506 g/mol. The molecular formula is C29H35N3O5. The molecule has 2 aromatic carbocycles. The van der Waals surface area contributed by atoms with Gasteiger partial charge < -0.3 is 25.4 Å². The highest BCUT2D eigenvalue weighted by atomic mass is 16.5. The Morgan fingerprint density at radius 3 is 2.46 bits per heavy atom. The minimum Gasteiger partial charge on any atom is -0.394 e. The zero-order valence-electron chi connectivity index (χ0n) is 21.1. The topological polar surface area (TPSA) is 108 Å². The van der Waals surface area contributed by atoms with Crippen molar-refractivity contribution in [3.05, 3.63) is 71.8 Å². The largest absolute Gasteiger partial charge is 0.394 e.